The Labute approximate surface area is 158 Å². The zero-order valence-corrected chi connectivity index (χ0v) is 15.6. The van der Waals surface area contributed by atoms with Crippen LogP contribution in [0, 0.1) is 0 Å². The molecule has 0 aromatic heterocycles. The maximum Gasteiger partial charge on any atom is 0.319 e. The van der Waals surface area contributed by atoms with Gasteiger partial charge >= 0.3 is 6.03 Å². The molecule has 132 valence electrons. The molecule has 0 radical (unpaired) electrons. The number of ether oxygens (including phenoxy) is 1. The van der Waals surface area contributed by atoms with Crippen LogP contribution in [-0.2, 0) is 0 Å². The smallest absolute Gasteiger partial charge is 0.319 e. The molecule has 0 fully saturated rings. The maximum atomic E-state index is 11.9. The molecule has 0 bridgehead atoms. The normalized spacial score (nSPS) is 10.2. The number of amides is 3. The fraction of sp³-hybridized carbons (Fsp3) is 0.176. The van der Waals surface area contributed by atoms with Crippen LogP contribution in [0.3, 0.4) is 0 Å². The molecule has 0 aliphatic rings. The van der Waals surface area contributed by atoms with Gasteiger partial charge in [0, 0.05) is 11.0 Å². The molecule has 0 heterocycles. The van der Waals surface area contributed by atoms with Gasteiger partial charge in [-0.25, -0.2) is 4.79 Å². The van der Waals surface area contributed by atoms with E-state index in [2.05, 4.69) is 26.6 Å². The third-order valence-electron chi connectivity index (χ3n) is 3.20. The standard InChI is InChI=1S/C17H17BrClN3O3/c18-11-6-7-15(13(19)10-11)25-9-3-8-21-17(24)22-14-5-2-1-4-12(14)16(20)23/h1-2,4-7,10H,3,8-9H2,(H2,20,23)(H2,21,22,24). The van der Waals surface area contributed by atoms with Gasteiger partial charge in [0.05, 0.1) is 22.9 Å². The molecule has 6 nitrogen and oxygen atoms in total. The summed E-state index contributed by atoms with van der Waals surface area (Å²) in [6, 6.07) is 11.5. The van der Waals surface area contributed by atoms with Crippen LogP contribution in [0.4, 0.5) is 10.5 Å². The summed E-state index contributed by atoms with van der Waals surface area (Å²) < 4.78 is 6.43. The van der Waals surface area contributed by atoms with E-state index in [0.29, 0.717) is 36.0 Å². The molecule has 0 aliphatic carbocycles. The minimum absolute atomic E-state index is 0.255. The molecule has 0 saturated carbocycles. The maximum absolute atomic E-state index is 11.9. The Hall–Kier alpha value is -2.25. The summed E-state index contributed by atoms with van der Waals surface area (Å²) in [4.78, 5) is 23.2. The first-order chi connectivity index (χ1) is 12.0. The van der Waals surface area contributed by atoms with Crippen molar-refractivity contribution < 1.29 is 14.3 Å². The number of benzene rings is 2. The van der Waals surface area contributed by atoms with E-state index < -0.39 is 11.9 Å². The van der Waals surface area contributed by atoms with E-state index in [-0.39, 0.29) is 5.56 Å². The summed E-state index contributed by atoms with van der Waals surface area (Å²) >= 11 is 9.37. The molecule has 0 spiro atoms. The molecular formula is C17H17BrClN3O3. The molecule has 8 heteroatoms. The Bertz CT molecular complexity index is 771. The minimum atomic E-state index is -0.601. The number of anilines is 1. The molecule has 2 rings (SSSR count). The van der Waals surface area contributed by atoms with Gasteiger partial charge in [0.15, 0.2) is 0 Å². The van der Waals surface area contributed by atoms with Crippen LogP contribution in [-0.4, -0.2) is 25.1 Å². The second-order valence-corrected chi connectivity index (χ2v) is 6.39. The Morgan fingerprint density at radius 1 is 1.20 bits per heavy atom. The first-order valence-corrected chi connectivity index (χ1v) is 8.66. The van der Waals surface area contributed by atoms with Crippen LogP contribution >= 0.6 is 27.5 Å². The lowest BCUT2D eigenvalue weighted by Crippen LogP contribution is -2.31. The van der Waals surface area contributed by atoms with Crippen LogP contribution in [0.15, 0.2) is 46.9 Å². The van der Waals surface area contributed by atoms with E-state index >= 15 is 0 Å². The summed E-state index contributed by atoms with van der Waals surface area (Å²) in [7, 11) is 0. The summed E-state index contributed by atoms with van der Waals surface area (Å²) in [6.45, 7) is 0.804. The quantitative estimate of drug-likeness (QED) is 0.588. The molecule has 2 aromatic rings. The number of rotatable bonds is 7. The molecular weight excluding hydrogens is 410 g/mol. The third kappa shape index (κ3) is 5.95. The van der Waals surface area contributed by atoms with Crippen LogP contribution in [0.5, 0.6) is 5.75 Å². The summed E-state index contributed by atoms with van der Waals surface area (Å²) in [5, 5.41) is 5.80. The first kappa shape index (κ1) is 19.1. The van der Waals surface area contributed by atoms with Crippen LogP contribution in [0.2, 0.25) is 5.02 Å². The molecule has 0 aliphatic heterocycles. The number of hydrogen-bond acceptors (Lipinski definition) is 3. The molecule has 25 heavy (non-hydrogen) atoms. The predicted octanol–water partition coefficient (Wildman–Crippen LogP) is 3.79. The van der Waals surface area contributed by atoms with Crippen molar-refractivity contribution in [2.75, 3.05) is 18.5 Å². The Balaban J connectivity index is 1.73. The number of urea groups is 1. The summed E-state index contributed by atoms with van der Waals surface area (Å²) in [5.74, 6) is -0.0135. The number of nitrogens with two attached hydrogens (primary N) is 1. The molecule has 0 atom stereocenters. The lowest BCUT2D eigenvalue weighted by Gasteiger charge is -2.11. The first-order valence-electron chi connectivity index (χ1n) is 7.49. The predicted molar refractivity (Wildman–Crippen MR) is 101 cm³/mol. The summed E-state index contributed by atoms with van der Waals surface area (Å²) in [6.07, 6.45) is 0.595. The van der Waals surface area contributed by atoms with Crippen molar-refractivity contribution in [3.8, 4) is 5.75 Å². The second kappa shape index (κ2) is 9.29. The fourth-order valence-corrected chi connectivity index (χ4v) is 2.75. The highest BCUT2D eigenvalue weighted by Gasteiger charge is 2.09. The zero-order chi connectivity index (χ0) is 18.2. The van der Waals surface area contributed by atoms with E-state index in [0.717, 1.165) is 4.47 Å². The highest BCUT2D eigenvalue weighted by atomic mass is 79.9. The van der Waals surface area contributed by atoms with Crippen LogP contribution in [0.25, 0.3) is 0 Å². The molecule has 2 aromatic carbocycles. The Kier molecular flexibility index (Phi) is 7.09. The lowest BCUT2D eigenvalue weighted by molar-refractivity contribution is 0.100. The van der Waals surface area contributed by atoms with E-state index in [1.165, 1.54) is 0 Å². The van der Waals surface area contributed by atoms with Gasteiger partial charge < -0.3 is 21.1 Å². The van der Waals surface area contributed by atoms with Gasteiger partial charge in [-0.05, 0) is 36.8 Å². The SMILES string of the molecule is NC(=O)c1ccccc1NC(=O)NCCCOc1ccc(Br)cc1Cl. The average Bonchev–Trinajstić information content (AvgIpc) is 2.56. The minimum Gasteiger partial charge on any atom is -0.492 e. The number of primary amides is 1. The van der Waals surface area contributed by atoms with E-state index in [1.54, 1.807) is 36.4 Å². The number of carbonyl (C=O) groups excluding carboxylic acids is 2. The van der Waals surface area contributed by atoms with Crippen molar-refractivity contribution in [3.63, 3.8) is 0 Å². The van der Waals surface area contributed by atoms with Crippen LogP contribution < -0.4 is 21.1 Å². The van der Waals surface area contributed by atoms with Gasteiger partial charge in [-0.15, -0.1) is 0 Å². The lowest BCUT2D eigenvalue weighted by atomic mass is 10.1. The largest absolute Gasteiger partial charge is 0.492 e. The Morgan fingerprint density at radius 3 is 2.68 bits per heavy atom. The Morgan fingerprint density at radius 2 is 1.96 bits per heavy atom. The van der Waals surface area contributed by atoms with Crippen molar-refractivity contribution in [1.29, 1.82) is 0 Å². The third-order valence-corrected chi connectivity index (χ3v) is 3.99. The van der Waals surface area contributed by atoms with Gasteiger partial charge in [0.1, 0.15) is 5.75 Å². The highest BCUT2D eigenvalue weighted by molar-refractivity contribution is 9.10. The monoisotopic (exact) mass is 425 g/mol. The topological polar surface area (TPSA) is 93.5 Å². The van der Waals surface area contributed by atoms with E-state index in [9.17, 15) is 9.59 Å². The van der Waals surface area contributed by atoms with Crippen molar-refractivity contribution >= 4 is 45.2 Å². The second-order valence-electron chi connectivity index (χ2n) is 5.07. The number of para-hydroxylation sites is 1. The number of halogens is 2. The van der Waals surface area contributed by atoms with E-state index in [4.69, 9.17) is 22.1 Å². The fourth-order valence-electron chi connectivity index (χ4n) is 2.02. The molecule has 0 saturated heterocycles. The van der Waals surface area contributed by atoms with Crippen molar-refractivity contribution in [1.82, 2.24) is 5.32 Å². The van der Waals surface area contributed by atoms with Crippen molar-refractivity contribution in [2.24, 2.45) is 5.73 Å². The van der Waals surface area contributed by atoms with Gasteiger partial charge in [-0.1, -0.05) is 39.7 Å². The molecule has 0 unspecified atom stereocenters. The summed E-state index contributed by atoms with van der Waals surface area (Å²) in [5.41, 5.74) is 5.89. The van der Waals surface area contributed by atoms with Crippen molar-refractivity contribution in [2.45, 2.75) is 6.42 Å². The zero-order valence-electron chi connectivity index (χ0n) is 13.2. The number of hydrogen-bond donors (Lipinski definition) is 3. The number of carbonyl (C=O) groups is 2. The van der Waals surface area contributed by atoms with Gasteiger partial charge in [0.2, 0.25) is 0 Å². The van der Waals surface area contributed by atoms with Gasteiger partial charge in [0.25, 0.3) is 5.91 Å². The molecule has 4 N–H and O–H groups in total. The van der Waals surface area contributed by atoms with Crippen molar-refractivity contribution in [3.05, 3.63) is 57.5 Å². The highest BCUT2D eigenvalue weighted by Crippen LogP contribution is 2.27. The number of nitrogens with one attached hydrogen (secondary N) is 2. The van der Waals surface area contributed by atoms with Crippen LogP contribution in [0.1, 0.15) is 16.8 Å². The van der Waals surface area contributed by atoms with Gasteiger partial charge in [-0.2, -0.15) is 0 Å². The van der Waals surface area contributed by atoms with E-state index in [1.807, 2.05) is 6.07 Å². The molecule has 3 amide bonds. The average molecular weight is 427 g/mol. The van der Waals surface area contributed by atoms with Gasteiger partial charge in [-0.3, -0.25) is 4.79 Å².